The van der Waals surface area contributed by atoms with Crippen LogP contribution in [-0.2, 0) is 14.8 Å². The number of fused-ring (bicyclic) bond motifs is 1. The van der Waals surface area contributed by atoms with Crippen LogP contribution in [0, 0.1) is 17.5 Å². The highest BCUT2D eigenvalue weighted by Gasteiger charge is 2.30. The van der Waals surface area contributed by atoms with E-state index in [9.17, 15) is 12.8 Å². The van der Waals surface area contributed by atoms with Crippen LogP contribution in [0.15, 0.2) is 41.4 Å². The number of hydrogen-bond acceptors (Lipinski definition) is 8. The third-order valence-corrected chi connectivity index (χ3v) is 10.2. The summed E-state index contributed by atoms with van der Waals surface area (Å²) in [6.07, 6.45) is 5.40. The van der Waals surface area contributed by atoms with Crippen LogP contribution in [0.3, 0.4) is 0 Å². The molecule has 1 saturated carbocycles. The predicted molar refractivity (Wildman–Crippen MR) is 180 cm³/mol. The molecule has 48 heavy (non-hydrogen) atoms. The average Bonchev–Trinajstić information content (AvgIpc) is 3.45. The Hall–Kier alpha value is -3.88. The number of halogens is 3. The molecule has 4 aromatic rings. The second-order valence-corrected chi connectivity index (χ2v) is 14.7. The van der Waals surface area contributed by atoms with Crippen LogP contribution < -0.4 is 20.5 Å². The van der Waals surface area contributed by atoms with Crippen molar-refractivity contribution in [2.24, 2.45) is 0 Å². The number of nitrogens with two attached hydrogens (primary N) is 1. The van der Waals surface area contributed by atoms with E-state index in [1.165, 1.54) is 6.07 Å². The van der Waals surface area contributed by atoms with Gasteiger partial charge in [0.2, 0.25) is 0 Å². The van der Waals surface area contributed by atoms with E-state index < -0.39 is 38.1 Å². The van der Waals surface area contributed by atoms with Gasteiger partial charge in [-0.1, -0.05) is 0 Å². The molecule has 260 valence electrons. The molecule has 0 radical (unpaired) electrons. The summed E-state index contributed by atoms with van der Waals surface area (Å²) in [4.78, 5) is 3.69. The number of anilines is 2. The Kier molecular flexibility index (Phi) is 10.3. The number of nitrogens with zero attached hydrogens (tertiary/aromatic N) is 3. The zero-order chi connectivity index (χ0) is 35.0. The molecular formula is C34H43F3N6O4S. The lowest BCUT2D eigenvalue weighted by Gasteiger charge is -2.32. The number of ether oxygens (including phenoxy) is 2. The topological polar surface area (TPSA) is 133 Å². The number of aromatic nitrogens is 3. The fourth-order valence-corrected chi connectivity index (χ4v) is 7.25. The normalized spacial score (nSPS) is 17.3. The Morgan fingerprint density at radius 1 is 1.06 bits per heavy atom. The van der Waals surface area contributed by atoms with E-state index in [1.54, 1.807) is 24.9 Å². The van der Waals surface area contributed by atoms with E-state index in [-0.39, 0.29) is 47.0 Å². The number of benzene rings is 2. The molecule has 4 N–H and O–H groups in total. The summed E-state index contributed by atoms with van der Waals surface area (Å²) in [6.45, 7) is 10.6. The smallest absolute Gasteiger partial charge is 0.265 e. The van der Waals surface area contributed by atoms with Gasteiger partial charge in [-0.15, -0.1) is 0 Å². The second-order valence-electron chi connectivity index (χ2n) is 13.0. The van der Waals surface area contributed by atoms with Crippen molar-refractivity contribution < 1.29 is 31.1 Å². The third-order valence-electron chi connectivity index (χ3n) is 8.87. The molecular weight excluding hydrogens is 645 g/mol. The fourth-order valence-electron chi connectivity index (χ4n) is 6.10. The molecule has 1 aliphatic rings. The van der Waals surface area contributed by atoms with Gasteiger partial charge in [-0.3, -0.25) is 9.40 Å². The van der Waals surface area contributed by atoms with E-state index in [2.05, 4.69) is 10.3 Å². The van der Waals surface area contributed by atoms with Gasteiger partial charge in [0, 0.05) is 49.6 Å². The summed E-state index contributed by atoms with van der Waals surface area (Å²) < 4.78 is 86.6. The molecule has 0 amide bonds. The molecule has 0 aliphatic heterocycles. The van der Waals surface area contributed by atoms with Gasteiger partial charge in [-0.2, -0.15) is 5.10 Å². The fraction of sp³-hybridized carbons (Fsp3) is 0.471. The monoisotopic (exact) mass is 688 g/mol. The van der Waals surface area contributed by atoms with Gasteiger partial charge in [0.1, 0.15) is 39.6 Å². The van der Waals surface area contributed by atoms with Gasteiger partial charge in [-0.25, -0.2) is 26.6 Å². The first kappa shape index (κ1) is 35.4. The molecule has 14 heteroatoms. The maximum atomic E-state index is 15.9. The van der Waals surface area contributed by atoms with E-state index >= 15 is 8.78 Å². The summed E-state index contributed by atoms with van der Waals surface area (Å²) in [5.41, 5.74) is 6.94. The van der Waals surface area contributed by atoms with Crippen molar-refractivity contribution in [3.8, 4) is 17.0 Å². The van der Waals surface area contributed by atoms with Crippen LogP contribution in [0.25, 0.3) is 22.2 Å². The first-order valence-electron chi connectivity index (χ1n) is 16.1. The molecule has 2 aromatic carbocycles. The number of pyridine rings is 1. The summed E-state index contributed by atoms with van der Waals surface area (Å²) in [7, 11) is -2.96. The van der Waals surface area contributed by atoms with E-state index in [1.807, 2.05) is 32.4 Å². The highest BCUT2D eigenvalue weighted by atomic mass is 32.2. The van der Waals surface area contributed by atoms with Crippen LogP contribution in [0.1, 0.15) is 77.8 Å². The molecule has 0 bridgehead atoms. The molecule has 0 spiro atoms. The summed E-state index contributed by atoms with van der Waals surface area (Å²) in [5, 5.41) is 8.72. The van der Waals surface area contributed by atoms with E-state index in [0.717, 1.165) is 56.0 Å². The maximum Gasteiger partial charge on any atom is 0.265 e. The quantitative estimate of drug-likeness (QED) is 0.146. The highest BCUT2D eigenvalue weighted by molar-refractivity contribution is 7.92. The number of sulfonamides is 1. The zero-order valence-electron chi connectivity index (χ0n) is 28.0. The van der Waals surface area contributed by atoms with Gasteiger partial charge in [0.25, 0.3) is 10.0 Å². The van der Waals surface area contributed by atoms with Crippen LogP contribution >= 0.6 is 0 Å². The predicted octanol–water partition coefficient (Wildman–Crippen LogP) is 6.92. The van der Waals surface area contributed by atoms with Gasteiger partial charge >= 0.3 is 0 Å². The molecule has 10 nitrogen and oxygen atoms in total. The largest absolute Gasteiger partial charge is 0.494 e. The Labute approximate surface area is 279 Å². The lowest BCUT2D eigenvalue weighted by atomic mass is 9.81. The number of nitrogens with one attached hydrogen (secondary N) is 2. The lowest BCUT2D eigenvalue weighted by molar-refractivity contribution is 0.0199. The highest BCUT2D eigenvalue weighted by Crippen LogP contribution is 2.42. The molecule has 1 fully saturated rings. The van der Waals surface area contributed by atoms with Crippen molar-refractivity contribution in [2.75, 3.05) is 30.7 Å². The summed E-state index contributed by atoms with van der Waals surface area (Å²) in [5.74, 6) is -2.75. The molecule has 2 aromatic heterocycles. The van der Waals surface area contributed by atoms with Crippen molar-refractivity contribution >= 4 is 32.4 Å². The molecule has 0 atom stereocenters. The second kappa shape index (κ2) is 13.9. The van der Waals surface area contributed by atoms with Crippen molar-refractivity contribution in [3.05, 3.63) is 59.5 Å². The number of rotatable bonds is 12. The van der Waals surface area contributed by atoms with Crippen LogP contribution in [0.2, 0.25) is 0 Å². The summed E-state index contributed by atoms with van der Waals surface area (Å²) in [6, 6.07) is 4.93. The Morgan fingerprint density at radius 3 is 2.42 bits per heavy atom. The maximum absolute atomic E-state index is 15.9. The Balaban J connectivity index is 1.48. The first-order chi connectivity index (χ1) is 22.7. The Bertz CT molecular complexity index is 1910. The minimum Gasteiger partial charge on any atom is -0.494 e. The summed E-state index contributed by atoms with van der Waals surface area (Å²) >= 11 is 0. The van der Waals surface area contributed by atoms with E-state index in [0.29, 0.717) is 23.0 Å². The molecule has 1 aliphatic carbocycles. The SMILES string of the molecule is CCOc1ccc(F)c(S(=O)(=O)Nc2cc(F)c(-c3nn(C(C)C)c4c3c(N)ncc4[C@H]3CC[C@H](NCC(C)(C)OC)CC3)cc2F)c1. The van der Waals surface area contributed by atoms with Crippen molar-refractivity contribution in [1.29, 1.82) is 0 Å². The lowest BCUT2D eigenvalue weighted by Crippen LogP contribution is -2.43. The average molecular weight is 689 g/mol. The van der Waals surface area contributed by atoms with E-state index in [4.69, 9.17) is 20.3 Å². The van der Waals surface area contributed by atoms with Gasteiger partial charge < -0.3 is 20.5 Å². The molecule has 2 heterocycles. The minimum absolute atomic E-state index is 0.0870. The number of nitrogen functional groups attached to an aromatic ring is 1. The molecule has 5 rings (SSSR count). The Morgan fingerprint density at radius 2 is 1.77 bits per heavy atom. The zero-order valence-corrected chi connectivity index (χ0v) is 28.8. The van der Waals surface area contributed by atoms with Crippen LogP contribution in [-0.4, -0.2) is 55.1 Å². The standard InChI is InChI=1S/C34H43F3N6O4S/c1-7-47-22-12-13-25(35)29(14-22)48(44,45)42-28-16-26(36)23(15-27(28)37)31-30-32(43(41-31)19(2)3)24(17-39-33(30)38)20-8-10-21(11-9-20)40-18-34(4,5)46-6/h12-17,19-21,40,42H,7-11,18H2,1-6H3,(H2,38,39)/t20-,21-. The molecule has 0 saturated heterocycles. The minimum atomic E-state index is -4.66. The van der Waals surface area contributed by atoms with Gasteiger partial charge in [-0.05, 0) is 90.0 Å². The number of hydrogen-bond donors (Lipinski definition) is 3. The van der Waals surface area contributed by atoms with Crippen molar-refractivity contribution in [2.45, 2.75) is 88.8 Å². The number of methoxy groups -OCH3 is 1. The molecule has 0 unspecified atom stereocenters. The van der Waals surface area contributed by atoms with Crippen LogP contribution in [0.5, 0.6) is 5.75 Å². The first-order valence-corrected chi connectivity index (χ1v) is 17.5. The van der Waals surface area contributed by atoms with Gasteiger partial charge in [0.05, 0.1) is 28.8 Å². The van der Waals surface area contributed by atoms with Gasteiger partial charge in [0.15, 0.2) is 0 Å². The van der Waals surface area contributed by atoms with Crippen LogP contribution in [0.4, 0.5) is 24.7 Å². The third kappa shape index (κ3) is 7.25. The van der Waals surface area contributed by atoms with Crippen molar-refractivity contribution in [1.82, 2.24) is 20.1 Å². The van der Waals surface area contributed by atoms with Crippen molar-refractivity contribution in [3.63, 3.8) is 0 Å².